The van der Waals surface area contributed by atoms with Gasteiger partial charge in [0.15, 0.2) is 0 Å². The summed E-state index contributed by atoms with van der Waals surface area (Å²) in [6, 6.07) is 4.83. The summed E-state index contributed by atoms with van der Waals surface area (Å²) < 4.78 is 5.39. The van der Waals surface area contributed by atoms with E-state index in [1.165, 1.54) is 4.90 Å². The van der Waals surface area contributed by atoms with Gasteiger partial charge in [0, 0.05) is 11.6 Å². The molecule has 1 aliphatic rings. The fraction of sp³-hybridized carbons (Fsp3) is 0.385. The van der Waals surface area contributed by atoms with Gasteiger partial charge in [0.25, 0.3) is 11.7 Å². The van der Waals surface area contributed by atoms with Crippen LogP contribution in [0.3, 0.4) is 0 Å². The molecule has 96 valence electrons. The van der Waals surface area contributed by atoms with Gasteiger partial charge < -0.3 is 9.64 Å². The van der Waals surface area contributed by atoms with Crippen LogP contribution in [0.5, 0.6) is 0 Å². The number of ether oxygens (including phenoxy) is 1. The number of hydrogen-bond donors (Lipinski definition) is 0. The second-order valence-electron chi connectivity index (χ2n) is 4.37. The first-order valence-corrected chi connectivity index (χ1v) is 6.16. The first kappa shape index (κ1) is 13.1. The SMILES string of the molecule is CC(C)OCCN1C(=O)C(=O)c2ccc(Cl)cc21. The van der Waals surface area contributed by atoms with E-state index < -0.39 is 11.7 Å². The number of halogens is 1. The average molecular weight is 268 g/mol. The predicted octanol–water partition coefficient (Wildman–Crippen LogP) is 2.29. The number of carbonyl (C=O) groups is 2. The Morgan fingerprint density at radius 3 is 2.72 bits per heavy atom. The molecule has 0 atom stereocenters. The van der Waals surface area contributed by atoms with Crippen LogP contribution in [0.1, 0.15) is 24.2 Å². The van der Waals surface area contributed by atoms with Crippen molar-refractivity contribution >= 4 is 29.0 Å². The fourth-order valence-electron chi connectivity index (χ4n) is 1.87. The number of hydrogen-bond acceptors (Lipinski definition) is 3. The maximum atomic E-state index is 11.8. The van der Waals surface area contributed by atoms with Gasteiger partial charge in [-0.1, -0.05) is 11.6 Å². The molecule has 0 aromatic heterocycles. The molecule has 1 aliphatic heterocycles. The Hall–Kier alpha value is -1.39. The molecule has 18 heavy (non-hydrogen) atoms. The molecule has 1 amide bonds. The van der Waals surface area contributed by atoms with Crippen molar-refractivity contribution in [2.24, 2.45) is 0 Å². The standard InChI is InChI=1S/C13H14ClNO3/c1-8(2)18-6-5-15-11-7-9(14)3-4-10(11)12(16)13(15)17/h3-4,7-8H,5-6H2,1-2H3. The fourth-order valence-corrected chi connectivity index (χ4v) is 2.04. The summed E-state index contributed by atoms with van der Waals surface area (Å²) in [4.78, 5) is 25.0. The predicted molar refractivity (Wildman–Crippen MR) is 69.2 cm³/mol. The van der Waals surface area contributed by atoms with Crippen LogP contribution in [0, 0.1) is 0 Å². The summed E-state index contributed by atoms with van der Waals surface area (Å²) in [6.45, 7) is 4.59. The third-order valence-corrected chi connectivity index (χ3v) is 2.94. The number of ketones is 1. The number of carbonyl (C=O) groups excluding carboxylic acids is 2. The topological polar surface area (TPSA) is 46.6 Å². The highest BCUT2D eigenvalue weighted by Crippen LogP contribution is 2.31. The number of benzene rings is 1. The molecule has 0 radical (unpaired) electrons. The number of anilines is 1. The van der Waals surface area contributed by atoms with Crippen molar-refractivity contribution in [3.63, 3.8) is 0 Å². The molecule has 0 aliphatic carbocycles. The van der Waals surface area contributed by atoms with E-state index in [-0.39, 0.29) is 6.10 Å². The quantitative estimate of drug-likeness (QED) is 0.787. The minimum atomic E-state index is -0.514. The Kier molecular flexibility index (Phi) is 3.68. The Balaban J connectivity index is 2.19. The summed E-state index contributed by atoms with van der Waals surface area (Å²) in [5.41, 5.74) is 0.985. The van der Waals surface area contributed by atoms with E-state index in [0.29, 0.717) is 29.4 Å². The van der Waals surface area contributed by atoms with Gasteiger partial charge in [0.1, 0.15) is 0 Å². The highest BCUT2D eigenvalue weighted by Gasteiger charge is 2.35. The van der Waals surface area contributed by atoms with E-state index in [0.717, 1.165) is 0 Å². The van der Waals surface area contributed by atoms with Crippen LogP contribution in [0.4, 0.5) is 5.69 Å². The van der Waals surface area contributed by atoms with Crippen molar-refractivity contribution < 1.29 is 14.3 Å². The zero-order valence-corrected chi connectivity index (χ0v) is 11.0. The van der Waals surface area contributed by atoms with Gasteiger partial charge in [0.2, 0.25) is 0 Å². The zero-order chi connectivity index (χ0) is 13.3. The first-order valence-electron chi connectivity index (χ1n) is 5.78. The summed E-state index contributed by atoms with van der Waals surface area (Å²) in [6.07, 6.45) is 0.0947. The maximum absolute atomic E-state index is 11.8. The van der Waals surface area contributed by atoms with E-state index in [4.69, 9.17) is 16.3 Å². The lowest BCUT2D eigenvalue weighted by Gasteiger charge is -2.17. The van der Waals surface area contributed by atoms with Crippen LogP contribution in [0.15, 0.2) is 18.2 Å². The zero-order valence-electron chi connectivity index (χ0n) is 10.3. The van der Waals surface area contributed by atoms with Crippen LogP contribution < -0.4 is 4.90 Å². The molecule has 0 N–H and O–H groups in total. The molecule has 0 saturated carbocycles. The average Bonchev–Trinajstić information content (AvgIpc) is 2.53. The number of amides is 1. The van der Waals surface area contributed by atoms with Crippen molar-refractivity contribution in [2.75, 3.05) is 18.1 Å². The lowest BCUT2D eigenvalue weighted by molar-refractivity contribution is -0.114. The molecule has 0 unspecified atom stereocenters. The monoisotopic (exact) mass is 267 g/mol. The van der Waals surface area contributed by atoms with Crippen LogP contribution in [-0.4, -0.2) is 30.9 Å². The minimum absolute atomic E-state index is 0.0947. The van der Waals surface area contributed by atoms with Gasteiger partial charge in [-0.2, -0.15) is 0 Å². The number of rotatable bonds is 4. The smallest absolute Gasteiger partial charge is 0.299 e. The summed E-state index contributed by atoms with van der Waals surface area (Å²) >= 11 is 5.89. The first-order chi connectivity index (χ1) is 8.50. The molecule has 4 nitrogen and oxygen atoms in total. The van der Waals surface area contributed by atoms with Crippen molar-refractivity contribution in [1.82, 2.24) is 0 Å². The van der Waals surface area contributed by atoms with Gasteiger partial charge >= 0.3 is 0 Å². The van der Waals surface area contributed by atoms with E-state index >= 15 is 0 Å². The Morgan fingerprint density at radius 2 is 2.06 bits per heavy atom. The van der Waals surface area contributed by atoms with Gasteiger partial charge in [-0.25, -0.2) is 0 Å². The molecular weight excluding hydrogens is 254 g/mol. The molecule has 1 aromatic carbocycles. The Bertz CT molecular complexity index is 499. The molecule has 0 spiro atoms. The van der Waals surface area contributed by atoms with Crippen molar-refractivity contribution in [3.8, 4) is 0 Å². The minimum Gasteiger partial charge on any atom is -0.377 e. The van der Waals surface area contributed by atoms with Gasteiger partial charge in [-0.15, -0.1) is 0 Å². The summed E-state index contributed by atoms with van der Waals surface area (Å²) in [5, 5.41) is 0.506. The van der Waals surface area contributed by atoms with Crippen LogP contribution >= 0.6 is 11.6 Å². The second kappa shape index (κ2) is 5.08. The number of fused-ring (bicyclic) bond motifs is 1. The summed E-state index contributed by atoms with van der Waals surface area (Å²) in [5.74, 6) is -0.995. The highest BCUT2D eigenvalue weighted by atomic mass is 35.5. The molecular formula is C13H14ClNO3. The van der Waals surface area contributed by atoms with Crippen molar-refractivity contribution in [1.29, 1.82) is 0 Å². The molecule has 5 heteroatoms. The molecule has 0 saturated heterocycles. The van der Waals surface area contributed by atoms with Crippen LogP contribution in [0.25, 0.3) is 0 Å². The molecule has 0 bridgehead atoms. The third kappa shape index (κ3) is 2.40. The van der Waals surface area contributed by atoms with E-state index in [1.54, 1.807) is 18.2 Å². The Morgan fingerprint density at radius 1 is 1.33 bits per heavy atom. The van der Waals surface area contributed by atoms with Gasteiger partial charge in [-0.3, -0.25) is 9.59 Å². The van der Waals surface area contributed by atoms with E-state index in [1.807, 2.05) is 13.8 Å². The largest absolute Gasteiger partial charge is 0.377 e. The number of nitrogens with zero attached hydrogens (tertiary/aromatic N) is 1. The van der Waals surface area contributed by atoms with Crippen molar-refractivity contribution in [2.45, 2.75) is 20.0 Å². The normalized spacial score (nSPS) is 14.6. The Labute approximate surface area is 110 Å². The maximum Gasteiger partial charge on any atom is 0.299 e. The van der Waals surface area contributed by atoms with Gasteiger partial charge in [0.05, 0.1) is 24.0 Å². The highest BCUT2D eigenvalue weighted by molar-refractivity contribution is 6.52. The summed E-state index contributed by atoms with van der Waals surface area (Å²) in [7, 11) is 0. The van der Waals surface area contributed by atoms with E-state index in [9.17, 15) is 9.59 Å². The molecule has 0 fully saturated rings. The van der Waals surface area contributed by atoms with Crippen LogP contribution in [0.2, 0.25) is 5.02 Å². The third-order valence-electron chi connectivity index (χ3n) is 2.70. The van der Waals surface area contributed by atoms with E-state index in [2.05, 4.69) is 0 Å². The number of Topliss-reactive ketones (excluding diaryl/α,β-unsaturated/α-hetero) is 1. The lowest BCUT2D eigenvalue weighted by Crippen LogP contribution is -2.33. The van der Waals surface area contributed by atoms with Crippen LogP contribution in [-0.2, 0) is 9.53 Å². The molecule has 1 aromatic rings. The lowest BCUT2D eigenvalue weighted by atomic mass is 10.1. The van der Waals surface area contributed by atoms with Gasteiger partial charge in [-0.05, 0) is 32.0 Å². The molecule has 2 rings (SSSR count). The second-order valence-corrected chi connectivity index (χ2v) is 4.80. The molecule has 1 heterocycles. The van der Waals surface area contributed by atoms with Crippen molar-refractivity contribution in [3.05, 3.63) is 28.8 Å².